The molecule has 96 valence electrons. The number of hydrogen-bond donors (Lipinski definition) is 1. The van der Waals surface area contributed by atoms with Gasteiger partial charge >= 0.3 is 0 Å². The van der Waals surface area contributed by atoms with Gasteiger partial charge in [-0.3, -0.25) is 0 Å². The van der Waals surface area contributed by atoms with Gasteiger partial charge in [-0.05, 0) is 46.8 Å². The number of hydrogen-bond acceptors (Lipinski definition) is 4. The molecule has 1 saturated heterocycles. The van der Waals surface area contributed by atoms with Gasteiger partial charge in [-0.2, -0.15) is 0 Å². The third-order valence-corrected chi connectivity index (χ3v) is 4.16. The molecule has 0 spiro atoms. The molecule has 0 unspecified atom stereocenters. The number of rotatable bonds is 3. The van der Waals surface area contributed by atoms with Crippen LogP contribution in [-0.2, 0) is 6.42 Å². The van der Waals surface area contributed by atoms with Crippen molar-refractivity contribution in [3.05, 3.63) is 16.1 Å². The van der Waals surface area contributed by atoms with Crippen molar-refractivity contribution in [1.29, 1.82) is 0 Å². The van der Waals surface area contributed by atoms with E-state index in [1.165, 1.54) is 31.6 Å². The smallest absolute Gasteiger partial charge is 0.0956 e. The SMILES string of the molecule is CN1CCC(c2csc(CC(C)(C)O)n2)CC1. The van der Waals surface area contributed by atoms with Crippen molar-refractivity contribution >= 4 is 11.3 Å². The quantitative estimate of drug-likeness (QED) is 0.899. The summed E-state index contributed by atoms with van der Waals surface area (Å²) < 4.78 is 0. The van der Waals surface area contributed by atoms with Gasteiger partial charge in [0, 0.05) is 17.7 Å². The van der Waals surface area contributed by atoms with E-state index < -0.39 is 5.60 Å². The molecule has 1 aliphatic rings. The number of likely N-dealkylation sites (tertiary alicyclic amines) is 1. The Bertz CT molecular complexity index is 362. The Morgan fingerprint density at radius 3 is 2.71 bits per heavy atom. The van der Waals surface area contributed by atoms with Crippen molar-refractivity contribution in [2.24, 2.45) is 0 Å². The van der Waals surface area contributed by atoms with Crippen molar-refractivity contribution in [1.82, 2.24) is 9.88 Å². The Labute approximate surface area is 107 Å². The summed E-state index contributed by atoms with van der Waals surface area (Å²) in [5.41, 5.74) is 0.587. The number of nitrogens with zero attached hydrogens (tertiary/aromatic N) is 2. The second-order valence-corrected chi connectivity index (χ2v) is 6.68. The van der Waals surface area contributed by atoms with Crippen LogP contribution in [0.1, 0.15) is 43.3 Å². The Balaban J connectivity index is 1.98. The second-order valence-electron chi connectivity index (χ2n) is 5.73. The standard InChI is InChI=1S/C13H22N2OS/c1-13(2,16)8-12-14-11(9-17-12)10-4-6-15(3)7-5-10/h9-10,16H,4-8H2,1-3H3. The van der Waals surface area contributed by atoms with Crippen LogP contribution in [0.25, 0.3) is 0 Å². The highest BCUT2D eigenvalue weighted by Crippen LogP contribution is 2.29. The summed E-state index contributed by atoms with van der Waals surface area (Å²) in [4.78, 5) is 7.06. The molecular weight excluding hydrogens is 232 g/mol. The van der Waals surface area contributed by atoms with Crippen molar-refractivity contribution in [3.63, 3.8) is 0 Å². The van der Waals surface area contributed by atoms with Crippen LogP contribution in [0, 0.1) is 0 Å². The van der Waals surface area contributed by atoms with E-state index in [0.29, 0.717) is 12.3 Å². The van der Waals surface area contributed by atoms with Gasteiger partial charge < -0.3 is 10.0 Å². The zero-order valence-corrected chi connectivity index (χ0v) is 11.8. The maximum atomic E-state index is 9.79. The van der Waals surface area contributed by atoms with Gasteiger partial charge in [0.1, 0.15) is 0 Å². The largest absolute Gasteiger partial charge is 0.390 e. The van der Waals surface area contributed by atoms with Crippen LogP contribution in [-0.4, -0.2) is 40.7 Å². The average Bonchev–Trinajstić information content (AvgIpc) is 2.64. The highest BCUT2D eigenvalue weighted by Gasteiger charge is 2.22. The first-order chi connectivity index (χ1) is 7.94. The van der Waals surface area contributed by atoms with Crippen molar-refractivity contribution in [3.8, 4) is 0 Å². The van der Waals surface area contributed by atoms with Gasteiger partial charge in [-0.1, -0.05) is 0 Å². The third-order valence-electron chi connectivity index (χ3n) is 3.29. The molecule has 0 bridgehead atoms. The van der Waals surface area contributed by atoms with Crippen LogP contribution in [0.15, 0.2) is 5.38 Å². The molecule has 2 heterocycles. The second kappa shape index (κ2) is 5.04. The fraction of sp³-hybridized carbons (Fsp3) is 0.769. The fourth-order valence-electron chi connectivity index (χ4n) is 2.27. The van der Waals surface area contributed by atoms with Crippen LogP contribution in [0.5, 0.6) is 0 Å². The van der Waals surface area contributed by atoms with Gasteiger partial charge in [0.05, 0.1) is 16.3 Å². The lowest BCUT2D eigenvalue weighted by Crippen LogP contribution is -2.29. The molecule has 1 aromatic rings. The third kappa shape index (κ3) is 3.76. The van der Waals surface area contributed by atoms with Gasteiger partial charge in [0.2, 0.25) is 0 Å². The Morgan fingerprint density at radius 2 is 2.12 bits per heavy atom. The summed E-state index contributed by atoms with van der Waals surface area (Å²) in [5.74, 6) is 0.623. The van der Waals surface area contributed by atoms with Crippen molar-refractivity contribution in [2.45, 2.75) is 44.6 Å². The molecule has 3 nitrogen and oxygen atoms in total. The monoisotopic (exact) mass is 254 g/mol. The van der Waals surface area contributed by atoms with Crippen molar-refractivity contribution in [2.75, 3.05) is 20.1 Å². The van der Waals surface area contributed by atoms with Gasteiger partial charge in [-0.15, -0.1) is 11.3 Å². The molecule has 1 fully saturated rings. The van der Waals surface area contributed by atoms with Gasteiger partial charge in [0.15, 0.2) is 0 Å². The minimum absolute atomic E-state index is 0.623. The summed E-state index contributed by atoms with van der Waals surface area (Å²) in [5, 5.41) is 13.0. The van der Waals surface area contributed by atoms with E-state index in [9.17, 15) is 5.11 Å². The fourth-order valence-corrected chi connectivity index (χ4v) is 3.36. The van der Waals surface area contributed by atoms with Crippen LogP contribution in [0.2, 0.25) is 0 Å². The number of piperidine rings is 1. The summed E-state index contributed by atoms with van der Waals surface area (Å²) in [7, 11) is 2.18. The first-order valence-corrected chi connectivity index (χ1v) is 7.17. The van der Waals surface area contributed by atoms with E-state index in [-0.39, 0.29) is 0 Å². The van der Waals surface area contributed by atoms with Crippen LogP contribution >= 0.6 is 11.3 Å². The number of thiazole rings is 1. The molecule has 0 aliphatic carbocycles. The number of aromatic nitrogens is 1. The molecular formula is C13H22N2OS. The molecule has 4 heteroatoms. The van der Waals surface area contributed by atoms with Crippen LogP contribution in [0.4, 0.5) is 0 Å². The molecule has 0 aromatic carbocycles. The first kappa shape index (κ1) is 13.0. The summed E-state index contributed by atoms with van der Waals surface area (Å²) in [6, 6.07) is 0. The Hall–Kier alpha value is -0.450. The van der Waals surface area contributed by atoms with Crippen molar-refractivity contribution < 1.29 is 5.11 Å². The highest BCUT2D eigenvalue weighted by atomic mass is 32.1. The van der Waals surface area contributed by atoms with E-state index in [1.54, 1.807) is 11.3 Å². The number of aliphatic hydroxyl groups is 1. The summed E-state index contributed by atoms with van der Waals surface area (Å²) in [6.07, 6.45) is 3.08. The predicted molar refractivity (Wildman–Crippen MR) is 71.6 cm³/mol. The molecule has 1 aromatic heterocycles. The Kier molecular flexibility index (Phi) is 3.85. The minimum atomic E-state index is -0.651. The molecule has 2 rings (SSSR count). The molecule has 0 atom stereocenters. The maximum Gasteiger partial charge on any atom is 0.0956 e. The van der Waals surface area contributed by atoms with E-state index in [4.69, 9.17) is 0 Å². The maximum absolute atomic E-state index is 9.79. The van der Waals surface area contributed by atoms with Crippen LogP contribution < -0.4 is 0 Å². The van der Waals surface area contributed by atoms with E-state index in [2.05, 4.69) is 22.3 Å². The molecule has 0 radical (unpaired) electrons. The van der Waals surface area contributed by atoms with Crippen LogP contribution in [0.3, 0.4) is 0 Å². The minimum Gasteiger partial charge on any atom is -0.390 e. The molecule has 0 amide bonds. The van der Waals surface area contributed by atoms with Gasteiger partial charge in [0.25, 0.3) is 0 Å². The molecule has 0 saturated carbocycles. The molecule has 1 aliphatic heterocycles. The lowest BCUT2D eigenvalue weighted by Gasteiger charge is -2.27. The normalized spacial score (nSPS) is 19.8. The summed E-state index contributed by atoms with van der Waals surface area (Å²) in [6.45, 7) is 6.01. The predicted octanol–water partition coefficient (Wildman–Crippen LogP) is 2.27. The van der Waals surface area contributed by atoms with E-state index >= 15 is 0 Å². The summed E-state index contributed by atoms with van der Waals surface area (Å²) >= 11 is 1.69. The zero-order valence-electron chi connectivity index (χ0n) is 10.9. The molecule has 1 N–H and O–H groups in total. The average molecular weight is 254 g/mol. The van der Waals surface area contributed by atoms with E-state index in [0.717, 1.165) is 5.01 Å². The lowest BCUT2D eigenvalue weighted by atomic mass is 9.94. The topological polar surface area (TPSA) is 36.4 Å². The Morgan fingerprint density at radius 1 is 1.47 bits per heavy atom. The van der Waals surface area contributed by atoms with Gasteiger partial charge in [-0.25, -0.2) is 4.98 Å². The van der Waals surface area contributed by atoms with E-state index in [1.807, 2.05) is 13.8 Å². The lowest BCUT2D eigenvalue weighted by molar-refractivity contribution is 0.0808. The highest BCUT2D eigenvalue weighted by molar-refractivity contribution is 7.09. The zero-order chi connectivity index (χ0) is 12.5. The first-order valence-electron chi connectivity index (χ1n) is 6.29. The molecule has 17 heavy (non-hydrogen) atoms.